The molecule has 3 rings (SSSR count). The van der Waals surface area contributed by atoms with Crippen molar-refractivity contribution in [2.24, 2.45) is 0 Å². The summed E-state index contributed by atoms with van der Waals surface area (Å²) >= 11 is 1.33. The quantitative estimate of drug-likeness (QED) is 0.545. The standard InChI is InChI=1S/C23H23NO3S/c1-4-16-9-11-17(12-10-16)19-14-28-22(20(19)23(26)27-5-2)24-21(25)18-8-6-7-15(3)13-18/h6-14H,4-5H2,1-3H3,(H,24,25). The van der Waals surface area contributed by atoms with Crippen LogP contribution in [0.15, 0.2) is 53.9 Å². The molecule has 0 unspecified atom stereocenters. The van der Waals surface area contributed by atoms with Gasteiger partial charge in [-0.2, -0.15) is 0 Å². The maximum atomic E-state index is 12.7. The van der Waals surface area contributed by atoms with E-state index in [9.17, 15) is 9.59 Å². The van der Waals surface area contributed by atoms with Crippen LogP contribution in [0.2, 0.25) is 0 Å². The highest BCUT2D eigenvalue weighted by Gasteiger charge is 2.23. The number of benzene rings is 2. The second-order valence-corrected chi connectivity index (χ2v) is 7.33. The molecule has 28 heavy (non-hydrogen) atoms. The molecule has 0 saturated carbocycles. The lowest BCUT2D eigenvalue weighted by Gasteiger charge is -2.09. The number of hydrogen-bond donors (Lipinski definition) is 1. The van der Waals surface area contributed by atoms with Gasteiger partial charge in [0.15, 0.2) is 0 Å². The zero-order chi connectivity index (χ0) is 20.1. The predicted octanol–water partition coefficient (Wildman–Crippen LogP) is 5.71. The molecule has 0 spiro atoms. The first-order valence-electron chi connectivity index (χ1n) is 9.29. The second kappa shape index (κ2) is 8.85. The molecule has 3 aromatic rings. The second-order valence-electron chi connectivity index (χ2n) is 6.45. The highest BCUT2D eigenvalue weighted by Crippen LogP contribution is 2.36. The maximum absolute atomic E-state index is 12.7. The van der Waals surface area contributed by atoms with E-state index in [2.05, 4.69) is 12.2 Å². The summed E-state index contributed by atoms with van der Waals surface area (Å²) in [4.78, 5) is 25.3. The van der Waals surface area contributed by atoms with Crippen molar-refractivity contribution >= 4 is 28.2 Å². The Morgan fingerprint density at radius 2 is 1.82 bits per heavy atom. The van der Waals surface area contributed by atoms with Gasteiger partial charge in [0.2, 0.25) is 0 Å². The summed E-state index contributed by atoms with van der Waals surface area (Å²) in [5, 5.41) is 5.27. The topological polar surface area (TPSA) is 55.4 Å². The summed E-state index contributed by atoms with van der Waals surface area (Å²) in [5.41, 5.74) is 4.87. The van der Waals surface area contributed by atoms with Crippen molar-refractivity contribution in [3.63, 3.8) is 0 Å². The molecule has 0 aliphatic heterocycles. The predicted molar refractivity (Wildman–Crippen MR) is 114 cm³/mol. The summed E-state index contributed by atoms with van der Waals surface area (Å²) in [6.45, 7) is 6.08. The van der Waals surface area contributed by atoms with Crippen molar-refractivity contribution in [2.75, 3.05) is 11.9 Å². The van der Waals surface area contributed by atoms with Crippen molar-refractivity contribution in [3.05, 3.63) is 76.2 Å². The molecule has 0 aliphatic carbocycles. The summed E-state index contributed by atoms with van der Waals surface area (Å²) in [5.74, 6) is -0.679. The molecule has 2 aromatic carbocycles. The zero-order valence-electron chi connectivity index (χ0n) is 16.2. The van der Waals surface area contributed by atoms with Crippen molar-refractivity contribution in [3.8, 4) is 11.1 Å². The molecule has 0 bridgehead atoms. The van der Waals surface area contributed by atoms with E-state index in [0.29, 0.717) is 16.1 Å². The van der Waals surface area contributed by atoms with Crippen LogP contribution >= 0.6 is 11.3 Å². The molecule has 1 aromatic heterocycles. The number of rotatable bonds is 6. The molecule has 0 radical (unpaired) electrons. The minimum absolute atomic E-state index is 0.246. The van der Waals surface area contributed by atoms with Gasteiger partial charge in [0, 0.05) is 16.5 Å². The fraction of sp³-hybridized carbons (Fsp3) is 0.217. The largest absolute Gasteiger partial charge is 0.462 e. The number of aryl methyl sites for hydroxylation is 2. The number of anilines is 1. The minimum Gasteiger partial charge on any atom is -0.462 e. The SMILES string of the molecule is CCOC(=O)c1c(-c2ccc(CC)cc2)csc1NC(=O)c1cccc(C)c1. The van der Waals surface area contributed by atoms with E-state index in [1.165, 1.54) is 16.9 Å². The molecule has 5 heteroatoms. The lowest BCUT2D eigenvalue weighted by atomic mass is 10.0. The van der Waals surface area contributed by atoms with Gasteiger partial charge in [-0.3, -0.25) is 4.79 Å². The first-order chi connectivity index (χ1) is 13.5. The Bertz CT molecular complexity index is 989. The number of ether oxygens (including phenoxy) is 1. The number of esters is 1. The fourth-order valence-electron chi connectivity index (χ4n) is 2.95. The molecule has 1 N–H and O–H groups in total. The van der Waals surface area contributed by atoms with Crippen LogP contribution in [-0.2, 0) is 11.2 Å². The molecule has 144 valence electrons. The molecular formula is C23H23NO3S. The van der Waals surface area contributed by atoms with Gasteiger partial charge in [-0.25, -0.2) is 4.79 Å². The number of thiophene rings is 1. The molecular weight excluding hydrogens is 370 g/mol. The molecule has 1 amide bonds. The van der Waals surface area contributed by atoms with Crippen LogP contribution in [0, 0.1) is 6.92 Å². The lowest BCUT2D eigenvalue weighted by Crippen LogP contribution is -2.15. The van der Waals surface area contributed by atoms with Crippen LogP contribution < -0.4 is 5.32 Å². The average Bonchev–Trinajstić information content (AvgIpc) is 3.11. The summed E-state index contributed by atoms with van der Waals surface area (Å²) in [6.07, 6.45) is 0.951. The lowest BCUT2D eigenvalue weighted by molar-refractivity contribution is 0.0529. The highest BCUT2D eigenvalue weighted by molar-refractivity contribution is 7.15. The van der Waals surface area contributed by atoms with Gasteiger partial charge in [-0.1, -0.05) is 48.9 Å². The summed E-state index contributed by atoms with van der Waals surface area (Å²) in [7, 11) is 0. The van der Waals surface area contributed by atoms with E-state index in [-0.39, 0.29) is 12.5 Å². The Balaban J connectivity index is 1.97. The van der Waals surface area contributed by atoms with Gasteiger partial charge >= 0.3 is 5.97 Å². The van der Waals surface area contributed by atoms with Crippen LogP contribution in [-0.4, -0.2) is 18.5 Å². The van der Waals surface area contributed by atoms with Gasteiger partial charge < -0.3 is 10.1 Å². The maximum Gasteiger partial charge on any atom is 0.341 e. The number of hydrogen-bond acceptors (Lipinski definition) is 4. The van der Waals surface area contributed by atoms with Crippen LogP contribution in [0.4, 0.5) is 5.00 Å². The third-order valence-corrected chi connectivity index (χ3v) is 5.35. The smallest absolute Gasteiger partial charge is 0.341 e. The van der Waals surface area contributed by atoms with Crippen LogP contribution in [0.3, 0.4) is 0 Å². The van der Waals surface area contributed by atoms with E-state index in [0.717, 1.165) is 23.1 Å². The van der Waals surface area contributed by atoms with E-state index in [1.54, 1.807) is 13.0 Å². The van der Waals surface area contributed by atoms with Crippen molar-refractivity contribution in [1.82, 2.24) is 0 Å². The van der Waals surface area contributed by atoms with E-state index >= 15 is 0 Å². The third-order valence-electron chi connectivity index (χ3n) is 4.45. The molecule has 0 atom stereocenters. The van der Waals surface area contributed by atoms with Crippen LogP contribution in [0.1, 0.15) is 45.7 Å². The third kappa shape index (κ3) is 4.31. The van der Waals surface area contributed by atoms with Gasteiger partial charge in [0.25, 0.3) is 5.91 Å². The molecule has 4 nitrogen and oxygen atoms in total. The molecule has 0 fully saturated rings. The fourth-order valence-corrected chi connectivity index (χ4v) is 3.90. The minimum atomic E-state index is -0.433. The van der Waals surface area contributed by atoms with Crippen molar-refractivity contribution in [2.45, 2.75) is 27.2 Å². The van der Waals surface area contributed by atoms with E-state index < -0.39 is 5.97 Å². The van der Waals surface area contributed by atoms with E-state index in [1.807, 2.05) is 54.8 Å². The Morgan fingerprint density at radius 3 is 2.46 bits per heavy atom. The first-order valence-corrected chi connectivity index (χ1v) is 10.2. The monoisotopic (exact) mass is 393 g/mol. The van der Waals surface area contributed by atoms with Gasteiger partial charge in [0.1, 0.15) is 10.6 Å². The molecule has 0 saturated heterocycles. The van der Waals surface area contributed by atoms with Crippen LogP contribution in [0.5, 0.6) is 0 Å². The normalized spacial score (nSPS) is 10.5. The highest BCUT2D eigenvalue weighted by atomic mass is 32.1. The Labute approximate surface area is 169 Å². The number of amides is 1. The Hall–Kier alpha value is -2.92. The van der Waals surface area contributed by atoms with Crippen molar-refractivity contribution < 1.29 is 14.3 Å². The van der Waals surface area contributed by atoms with Gasteiger partial charge in [-0.15, -0.1) is 11.3 Å². The summed E-state index contributed by atoms with van der Waals surface area (Å²) in [6, 6.07) is 15.4. The number of carbonyl (C=O) groups is 2. The Morgan fingerprint density at radius 1 is 1.07 bits per heavy atom. The number of nitrogens with one attached hydrogen (secondary N) is 1. The zero-order valence-corrected chi connectivity index (χ0v) is 17.1. The molecule has 1 heterocycles. The van der Waals surface area contributed by atoms with Gasteiger partial charge in [-0.05, 0) is 43.5 Å². The van der Waals surface area contributed by atoms with Crippen LogP contribution in [0.25, 0.3) is 11.1 Å². The molecule has 0 aliphatic rings. The number of carbonyl (C=O) groups excluding carboxylic acids is 2. The average molecular weight is 394 g/mol. The Kier molecular flexibility index (Phi) is 6.26. The summed E-state index contributed by atoms with van der Waals surface area (Å²) < 4.78 is 5.26. The first kappa shape index (κ1) is 19.8. The van der Waals surface area contributed by atoms with Crippen molar-refractivity contribution in [1.29, 1.82) is 0 Å². The van der Waals surface area contributed by atoms with E-state index in [4.69, 9.17) is 4.74 Å². The van der Waals surface area contributed by atoms with Gasteiger partial charge in [0.05, 0.1) is 6.61 Å².